The van der Waals surface area contributed by atoms with Gasteiger partial charge >= 0.3 is 5.97 Å². The van der Waals surface area contributed by atoms with Gasteiger partial charge in [-0.05, 0) is 39.4 Å². The molecule has 92 valence electrons. The molecule has 4 heteroatoms. The van der Waals surface area contributed by atoms with Gasteiger partial charge in [0.05, 0.1) is 0 Å². The number of carboxylic acids is 1. The van der Waals surface area contributed by atoms with Gasteiger partial charge in [0.25, 0.3) is 0 Å². The maximum Gasteiger partial charge on any atom is 0.330 e. The van der Waals surface area contributed by atoms with Crippen LogP contribution >= 0.6 is 0 Å². The van der Waals surface area contributed by atoms with Gasteiger partial charge in [-0.2, -0.15) is 0 Å². The van der Waals surface area contributed by atoms with Crippen LogP contribution in [0, 0.1) is 0 Å². The summed E-state index contributed by atoms with van der Waals surface area (Å²) in [6, 6.07) is 0.601. The standard InChI is InChI=1S/C12H22N2O2/c1-3-14(9-6-10(2)12(15)16)11-4-7-13-8-5-11/h6,11,13H,3-5,7-9H2,1-2H3,(H,15,16). The first-order valence-electron chi connectivity index (χ1n) is 6.00. The van der Waals surface area contributed by atoms with Crippen LogP contribution in [0.4, 0.5) is 0 Å². The fourth-order valence-corrected chi connectivity index (χ4v) is 2.05. The predicted octanol–water partition coefficient (Wildman–Crippen LogP) is 1.09. The lowest BCUT2D eigenvalue weighted by Gasteiger charge is -2.33. The summed E-state index contributed by atoms with van der Waals surface area (Å²) in [6.45, 7) is 7.66. The van der Waals surface area contributed by atoms with Gasteiger partial charge in [-0.15, -0.1) is 0 Å². The Kier molecular flexibility index (Phi) is 5.49. The Morgan fingerprint density at radius 3 is 2.62 bits per heavy atom. The van der Waals surface area contributed by atoms with E-state index in [2.05, 4.69) is 17.1 Å². The fraction of sp³-hybridized carbons (Fsp3) is 0.750. The van der Waals surface area contributed by atoms with Gasteiger partial charge in [0.15, 0.2) is 0 Å². The highest BCUT2D eigenvalue weighted by Crippen LogP contribution is 2.11. The molecule has 16 heavy (non-hydrogen) atoms. The Hall–Kier alpha value is -0.870. The molecule has 0 atom stereocenters. The average Bonchev–Trinajstić information content (AvgIpc) is 2.30. The third-order valence-electron chi connectivity index (χ3n) is 3.20. The molecule has 0 aliphatic carbocycles. The number of likely N-dealkylation sites (N-methyl/N-ethyl adjacent to an activating group) is 1. The molecule has 1 saturated heterocycles. The van der Waals surface area contributed by atoms with E-state index < -0.39 is 5.97 Å². The van der Waals surface area contributed by atoms with Crippen LogP contribution in [0.2, 0.25) is 0 Å². The molecule has 0 amide bonds. The maximum absolute atomic E-state index is 10.7. The molecule has 0 spiro atoms. The second-order valence-electron chi connectivity index (χ2n) is 4.26. The van der Waals surface area contributed by atoms with Crippen LogP contribution in [0.3, 0.4) is 0 Å². The van der Waals surface area contributed by atoms with E-state index in [1.807, 2.05) is 6.08 Å². The van der Waals surface area contributed by atoms with Crippen LogP contribution in [-0.4, -0.2) is 48.2 Å². The summed E-state index contributed by atoms with van der Waals surface area (Å²) in [6.07, 6.45) is 4.13. The Bertz CT molecular complexity index is 258. The van der Waals surface area contributed by atoms with Crippen molar-refractivity contribution in [1.29, 1.82) is 0 Å². The lowest BCUT2D eigenvalue weighted by molar-refractivity contribution is -0.132. The molecule has 2 N–H and O–H groups in total. The minimum Gasteiger partial charge on any atom is -0.478 e. The van der Waals surface area contributed by atoms with E-state index in [1.54, 1.807) is 6.92 Å². The number of carbonyl (C=O) groups is 1. The fourth-order valence-electron chi connectivity index (χ4n) is 2.05. The van der Waals surface area contributed by atoms with Crippen LogP contribution in [0.25, 0.3) is 0 Å². The first-order valence-corrected chi connectivity index (χ1v) is 6.00. The third-order valence-corrected chi connectivity index (χ3v) is 3.20. The van der Waals surface area contributed by atoms with Gasteiger partial charge in [0.2, 0.25) is 0 Å². The van der Waals surface area contributed by atoms with Gasteiger partial charge in [0, 0.05) is 18.2 Å². The average molecular weight is 226 g/mol. The molecule has 0 aromatic heterocycles. The number of nitrogens with zero attached hydrogens (tertiary/aromatic N) is 1. The van der Waals surface area contributed by atoms with Crippen LogP contribution < -0.4 is 5.32 Å². The van der Waals surface area contributed by atoms with E-state index in [1.165, 1.54) is 0 Å². The van der Waals surface area contributed by atoms with Crippen molar-refractivity contribution in [3.63, 3.8) is 0 Å². The lowest BCUT2D eigenvalue weighted by atomic mass is 10.0. The zero-order valence-corrected chi connectivity index (χ0v) is 10.2. The van der Waals surface area contributed by atoms with Crippen molar-refractivity contribution in [2.75, 3.05) is 26.2 Å². The van der Waals surface area contributed by atoms with E-state index >= 15 is 0 Å². The molecule has 1 aliphatic heterocycles. The Labute approximate surface area is 97.3 Å². The van der Waals surface area contributed by atoms with Crippen LogP contribution in [0.5, 0.6) is 0 Å². The summed E-state index contributed by atoms with van der Waals surface area (Å²) >= 11 is 0. The van der Waals surface area contributed by atoms with E-state index in [-0.39, 0.29) is 0 Å². The highest BCUT2D eigenvalue weighted by atomic mass is 16.4. The number of hydrogen-bond acceptors (Lipinski definition) is 3. The highest BCUT2D eigenvalue weighted by Gasteiger charge is 2.18. The second kappa shape index (κ2) is 6.66. The van der Waals surface area contributed by atoms with Gasteiger partial charge in [0.1, 0.15) is 0 Å². The summed E-state index contributed by atoms with van der Waals surface area (Å²) in [5.41, 5.74) is 0.437. The number of aliphatic carboxylic acids is 1. The van der Waals surface area contributed by atoms with Crippen molar-refractivity contribution < 1.29 is 9.90 Å². The van der Waals surface area contributed by atoms with Crippen LogP contribution in [0.15, 0.2) is 11.6 Å². The summed E-state index contributed by atoms with van der Waals surface area (Å²) in [5, 5.41) is 12.1. The Morgan fingerprint density at radius 1 is 1.50 bits per heavy atom. The Balaban J connectivity index is 2.47. The first-order chi connectivity index (χ1) is 7.65. The molecule has 4 nitrogen and oxygen atoms in total. The third kappa shape index (κ3) is 3.94. The van der Waals surface area contributed by atoms with E-state index in [4.69, 9.17) is 5.11 Å². The molecule has 0 aromatic carbocycles. The van der Waals surface area contributed by atoms with E-state index in [0.29, 0.717) is 11.6 Å². The van der Waals surface area contributed by atoms with Gasteiger partial charge in [-0.3, -0.25) is 4.90 Å². The van der Waals surface area contributed by atoms with Crippen molar-refractivity contribution in [3.05, 3.63) is 11.6 Å². The molecule has 1 fully saturated rings. The minimum absolute atomic E-state index is 0.437. The number of carboxylic acid groups (broad SMARTS) is 1. The van der Waals surface area contributed by atoms with Crippen molar-refractivity contribution in [1.82, 2.24) is 10.2 Å². The SMILES string of the molecule is CCN(CC=C(C)C(=O)O)C1CCNCC1. The molecule has 1 heterocycles. The summed E-state index contributed by atoms with van der Waals surface area (Å²) in [5.74, 6) is -0.818. The van der Waals surface area contributed by atoms with Crippen molar-refractivity contribution in [3.8, 4) is 0 Å². The molecule has 0 bridgehead atoms. The molecule has 0 unspecified atom stereocenters. The van der Waals surface area contributed by atoms with Crippen LogP contribution in [0.1, 0.15) is 26.7 Å². The molecule has 0 radical (unpaired) electrons. The maximum atomic E-state index is 10.7. The number of nitrogens with one attached hydrogen (secondary N) is 1. The lowest BCUT2D eigenvalue weighted by Crippen LogP contribution is -2.43. The summed E-state index contributed by atoms with van der Waals surface area (Å²) in [4.78, 5) is 13.0. The highest BCUT2D eigenvalue weighted by molar-refractivity contribution is 5.85. The van der Waals surface area contributed by atoms with Gasteiger partial charge in [-0.1, -0.05) is 13.0 Å². The van der Waals surface area contributed by atoms with Crippen molar-refractivity contribution in [2.45, 2.75) is 32.7 Å². The smallest absolute Gasteiger partial charge is 0.330 e. The number of rotatable bonds is 5. The molecular formula is C12H22N2O2. The van der Waals surface area contributed by atoms with Crippen molar-refractivity contribution >= 4 is 5.97 Å². The zero-order valence-electron chi connectivity index (χ0n) is 10.2. The molecule has 0 aromatic rings. The summed E-state index contributed by atoms with van der Waals surface area (Å²) in [7, 11) is 0. The van der Waals surface area contributed by atoms with Gasteiger partial charge in [-0.25, -0.2) is 4.79 Å². The minimum atomic E-state index is -0.818. The largest absolute Gasteiger partial charge is 0.478 e. The topological polar surface area (TPSA) is 52.6 Å². The number of hydrogen-bond donors (Lipinski definition) is 2. The quantitative estimate of drug-likeness (QED) is 0.689. The zero-order chi connectivity index (χ0) is 12.0. The predicted molar refractivity (Wildman–Crippen MR) is 64.5 cm³/mol. The summed E-state index contributed by atoms with van der Waals surface area (Å²) < 4.78 is 0. The second-order valence-corrected chi connectivity index (χ2v) is 4.26. The first kappa shape index (κ1) is 13.2. The van der Waals surface area contributed by atoms with E-state index in [0.717, 1.165) is 39.0 Å². The van der Waals surface area contributed by atoms with Gasteiger partial charge < -0.3 is 10.4 Å². The molecule has 0 saturated carbocycles. The molecule has 1 aliphatic rings. The Morgan fingerprint density at radius 2 is 2.12 bits per heavy atom. The molecular weight excluding hydrogens is 204 g/mol. The van der Waals surface area contributed by atoms with E-state index in [9.17, 15) is 4.79 Å². The number of piperidine rings is 1. The van der Waals surface area contributed by atoms with Crippen molar-refractivity contribution in [2.24, 2.45) is 0 Å². The molecule has 1 rings (SSSR count). The van der Waals surface area contributed by atoms with Crippen LogP contribution in [-0.2, 0) is 4.79 Å². The normalized spacial score (nSPS) is 19.1. The monoisotopic (exact) mass is 226 g/mol.